The van der Waals surface area contributed by atoms with Crippen LogP contribution in [0, 0.1) is 0 Å². The van der Waals surface area contributed by atoms with Crippen molar-refractivity contribution in [3.05, 3.63) is 34.5 Å². The van der Waals surface area contributed by atoms with Crippen LogP contribution in [0.1, 0.15) is 41.1 Å². The molecule has 1 aromatic carbocycles. The van der Waals surface area contributed by atoms with Gasteiger partial charge in [-0.3, -0.25) is 0 Å². The number of fused-ring (bicyclic) bond motifs is 3. The van der Waals surface area contributed by atoms with Gasteiger partial charge in [0.15, 0.2) is 5.88 Å². The zero-order valence-corrected chi connectivity index (χ0v) is 16.1. The highest BCUT2D eigenvalue weighted by molar-refractivity contribution is 7.75. The number of carbonyl (C=O) groups excluding carboxylic acids is 1. The predicted octanol–water partition coefficient (Wildman–Crippen LogP) is 2.52. The van der Waals surface area contributed by atoms with Gasteiger partial charge in [-0.25, -0.2) is 9.48 Å². The van der Waals surface area contributed by atoms with Gasteiger partial charge in [-0.15, -0.1) is 10.6 Å². The fourth-order valence-corrected chi connectivity index (χ4v) is 5.18. The Morgan fingerprint density at radius 1 is 1.29 bits per heavy atom. The van der Waals surface area contributed by atoms with E-state index in [-0.39, 0.29) is 24.2 Å². The average Bonchev–Trinajstić information content (AvgIpc) is 3.44. The summed E-state index contributed by atoms with van der Waals surface area (Å²) in [6.45, 7) is 0.140. The summed E-state index contributed by atoms with van der Waals surface area (Å²) in [6.07, 6.45) is 7.55. The van der Waals surface area contributed by atoms with Gasteiger partial charge in [0.2, 0.25) is 0 Å². The van der Waals surface area contributed by atoms with E-state index < -0.39 is 16.6 Å². The first-order valence-electron chi connectivity index (χ1n) is 9.58. The molecular formula is C19H21N4O4S-. The van der Waals surface area contributed by atoms with Crippen LogP contribution in [0.15, 0.2) is 21.5 Å². The van der Waals surface area contributed by atoms with Crippen molar-refractivity contribution in [1.29, 1.82) is 0 Å². The number of nitrogens with zero attached hydrogens (tertiary/aromatic N) is 3. The lowest BCUT2D eigenvalue weighted by Crippen LogP contribution is -2.12. The molecule has 8 nitrogen and oxygen atoms in total. The molecular weight excluding hydrogens is 380 g/mol. The third-order valence-electron chi connectivity index (χ3n) is 5.75. The second-order valence-corrected chi connectivity index (χ2v) is 8.53. The Balaban J connectivity index is 1.43. The van der Waals surface area contributed by atoms with Crippen molar-refractivity contribution >= 4 is 22.3 Å². The Morgan fingerprint density at radius 3 is 2.68 bits per heavy atom. The number of hydrogen-bond donors (Lipinski definition) is 2. The van der Waals surface area contributed by atoms with E-state index in [0.29, 0.717) is 5.88 Å². The van der Waals surface area contributed by atoms with Crippen molar-refractivity contribution in [3.8, 4) is 5.88 Å². The number of amides is 2. The molecule has 3 aliphatic rings. The van der Waals surface area contributed by atoms with Crippen LogP contribution in [0.25, 0.3) is 0 Å². The summed E-state index contributed by atoms with van der Waals surface area (Å²) in [5, 5.41) is 16.3. The van der Waals surface area contributed by atoms with Gasteiger partial charge >= 0.3 is 6.03 Å². The number of aliphatic hydroxyl groups excluding tert-OH is 1. The maximum atomic E-state index is 12.6. The topological polar surface area (TPSA) is 106 Å². The van der Waals surface area contributed by atoms with Crippen LogP contribution in [0.3, 0.4) is 0 Å². The third-order valence-corrected chi connectivity index (χ3v) is 6.73. The number of anilines is 1. The molecule has 9 heteroatoms. The number of hydrogen-bond acceptors (Lipinski definition) is 6. The molecule has 0 fully saturated rings. The van der Waals surface area contributed by atoms with Crippen LogP contribution < -0.4 is 10.1 Å². The largest absolute Gasteiger partial charge is 0.476 e. The van der Waals surface area contributed by atoms with Crippen LogP contribution in [-0.4, -0.2) is 34.1 Å². The summed E-state index contributed by atoms with van der Waals surface area (Å²) in [4.78, 5) is 12.8. The molecule has 2 aliphatic carbocycles. The van der Waals surface area contributed by atoms with E-state index in [9.17, 15) is 14.1 Å². The molecule has 2 heterocycles. The molecule has 2 amide bonds. The average molecular weight is 401 g/mol. The first kappa shape index (κ1) is 17.7. The summed E-state index contributed by atoms with van der Waals surface area (Å²) in [7, 11) is -1.93. The maximum absolute atomic E-state index is 12.6. The minimum atomic E-state index is -1.93. The third kappa shape index (κ3) is 2.80. The van der Waals surface area contributed by atoms with E-state index in [1.54, 1.807) is 0 Å². The summed E-state index contributed by atoms with van der Waals surface area (Å²) < 4.78 is 23.4. The highest BCUT2D eigenvalue weighted by Crippen LogP contribution is 2.38. The first-order chi connectivity index (χ1) is 13.7. The van der Waals surface area contributed by atoms with E-state index in [4.69, 9.17) is 4.74 Å². The number of aromatic nitrogens is 2. The number of aliphatic hydroxyl groups is 1. The van der Waals surface area contributed by atoms with Crippen molar-refractivity contribution < 1.29 is 18.8 Å². The van der Waals surface area contributed by atoms with E-state index in [2.05, 4.69) is 20.8 Å². The molecule has 28 heavy (non-hydrogen) atoms. The molecule has 0 saturated carbocycles. The second kappa shape index (κ2) is 6.89. The monoisotopic (exact) mass is 401 g/mol. The molecule has 5 rings (SSSR count). The molecule has 0 unspecified atom stereocenters. The van der Waals surface area contributed by atoms with E-state index in [0.717, 1.165) is 44.2 Å². The fourth-order valence-electron chi connectivity index (χ4n) is 4.45. The predicted molar refractivity (Wildman–Crippen MR) is 102 cm³/mol. The molecule has 2 aromatic rings. The van der Waals surface area contributed by atoms with Gasteiger partial charge in [-0.05, 0) is 65.7 Å². The summed E-state index contributed by atoms with van der Waals surface area (Å²) in [6, 6.07) is 1.37. The highest BCUT2D eigenvalue weighted by Gasteiger charge is 2.26. The number of ether oxygens (including phenoxy) is 1. The van der Waals surface area contributed by atoms with Crippen LogP contribution >= 0.6 is 0 Å². The minimum Gasteiger partial charge on any atom is -0.476 e. The molecule has 0 bridgehead atoms. The van der Waals surface area contributed by atoms with Crippen molar-refractivity contribution in [3.63, 3.8) is 0 Å². The summed E-state index contributed by atoms with van der Waals surface area (Å²) in [5.74, 6) is 0.301. The van der Waals surface area contributed by atoms with Gasteiger partial charge in [-0.2, -0.15) is 5.10 Å². The van der Waals surface area contributed by atoms with E-state index >= 15 is 0 Å². The number of nitrogens with one attached hydrogen (secondary N) is 1. The van der Waals surface area contributed by atoms with Crippen molar-refractivity contribution in [2.45, 2.75) is 49.5 Å². The van der Waals surface area contributed by atoms with Crippen molar-refractivity contribution in [2.75, 3.05) is 18.5 Å². The molecule has 1 atom stereocenters. The minimum absolute atomic E-state index is 0.122. The van der Waals surface area contributed by atoms with Gasteiger partial charge in [0, 0.05) is 11.9 Å². The molecule has 1 aliphatic heterocycles. The number of aryl methyl sites for hydroxylation is 2. The lowest BCUT2D eigenvalue weighted by atomic mass is 9.99. The molecule has 0 saturated heterocycles. The number of benzene rings is 1. The van der Waals surface area contributed by atoms with Crippen molar-refractivity contribution in [2.24, 2.45) is 4.36 Å². The Kier molecular flexibility index (Phi) is 4.36. The molecule has 1 aromatic heterocycles. The fraction of sp³-hybridized carbons (Fsp3) is 0.474. The normalized spacial score (nSPS) is 20.5. The van der Waals surface area contributed by atoms with E-state index in [1.165, 1.54) is 33.1 Å². The smallest absolute Gasteiger partial charge is 0.322 e. The van der Waals surface area contributed by atoms with Gasteiger partial charge < -0.3 is 23.7 Å². The van der Waals surface area contributed by atoms with Crippen LogP contribution in [0.5, 0.6) is 5.88 Å². The van der Waals surface area contributed by atoms with Gasteiger partial charge in [0.25, 0.3) is 0 Å². The molecule has 0 radical (unpaired) electrons. The highest BCUT2D eigenvalue weighted by atomic mass is 32.2. The first-order valence-corrected chi connectivity index (χ1v) is 10.7. The number of rotatable bonds is 3. The van der Waals surface area contributed by atoms with Gasteiger partial charge in [0.1, 0.15) is 12.6 Å². The quantitative estimate of drug-likeness (QED) is 0.769. The molecule has 0 spiro atoms. The Labute approximate surface area is 164 Å². The van der Waals surface area contributed by atoms with Crippen LogP contribution in [0.2, 0.25) is 0 Å². The summed E-state index contributed by atoms with van der Waals surface area (Å²) >= 11 is 0. The van der Waals surface area contributed by atoms with Gasteiger partial charge in [0.05, 0.1) is 6.61 Å². The Bertz CT molecular complexity index is 1020. The van der Waals surface area contributed by atoms with Crippen molar-refractivity contribution in [1.82, 2.24) is 9.78 Å². The second-order valence-electron chi connectivity index (χ2n) is 7.41. The number of urea groups is 1. The standard InChI is InChI=1S/C19H21N4O4S/c24-9-13-10-27-18-16(8-20-23(13)18)28(26)22-19(25)21-17-14-5-1-3-11(14)7-12-4-2-6-15(12)17/h7-8,13,24H,1-6,9-10H2,(H,21,25)/q-1/t13-/m0/s1. The maximum Gasteiger partial charge on any atom is 0.322 e. The Morgan fingerprint density at radius 2 is 2.00 bits per heavy atom. The zero-order chi connectivity index (χ0) is 19.3. The van der Waals surface area contributed by atoms with Crippen LogP contribution in [0.4, 0.5) is 10.5 Å². The lowest BCUT2D eigenvalue weighted by molar-refractivity contribution is 0.206. The van der Waals surface area contributed by atoms with E-state index in [1.807, 2.05) is 0 Å². The summed E-state index contributed by atoms with van der Waals surface area (Å²) in [5.41, 5.74) is 5.92. The zero-order valence-electron chi connectivity index (χ0n) is 15.3. The Hall–Kier alpha value is -2.39. The number of carbonyl (C=O) groups is 1. The van der Waals surface area contributed by atoms with Crippen LogP contribution in [-0.2, 0) is 40.5 Å². The SMILES string of the molecule is O=C(N=[S-](=O)c1cnn2c1OC[C@@H]2CO)Nc1c2c(cc3c1CCC3)CCC2. The lowest BCUT2D eigenvalue weighted by Gasteiger charge is -2.15. The molecule has 148 valence electrons. The van der Waals surface area contributed by atoms with Gasteiger partial charge in [-0.1, -0.05) is 6.07 Å². The molecule has 2 N–H and O–H groups in total.